The molecule has 0 spiro atoms. The summed E-state index contributed by atoms with van der Waals surface area (Å²) in [6.07, 6.45) is 11.3. The van der Waals surface area contributed by atoms with Crippen molar-refractivity contribution in [1.82, 2.24) is 0 Å². The van der Waals surface area contributed by atoms with E-state index in [1.807, 2.05) is 0 Å². The number of carbonyl (C=O) groups excluding carboxylic acids is 1. The molecule has 0 radical (unpaired) electrons. The Morgan fingerprint density at radius 2 is 1.41 bits per heavy atom. The number of carbonyl (C=O) groups is 1. The van der Waals surface area contributed by atoms with Gasteiger partial charge in [-0.1, -0.05) is 58.4 Å². The molecule has 5 heteroatoms. The van der Waals surface area contributed by atoms with E-state index >= 15 is 0 Å². The van der Waals surface area contributed by atoms with Gasteiger partial charge in [0.15, 0.2) is 0 Å². The number of aliphatic hydroxyl groups excluding tert-OH is 2. The van der Waals surface area contributed by atoms with E-state index < -0.39 is 0 Å². The number of esters is 1. The maximum absolute atomic E-state index is 10.7. The van der Waals surface area contributed by atoms with Gasteiger partial charge in [-0.25, -0.2) is 4.79 Å². The molecule has 0 heterocycles. The maximum atomic E-state index is 10.7. The van der Waals surface area contributed by atoms with Crippen LogP contribution in [0.4, 0.5) is 0 Å². The highest BCUT2D eigenvalue weighted by Crippen LogP contribution is 2.08. The molecule has 0 saturated heterocycles. The van der Waals surface area contributed by atoms with Crippen molar-refractivity contribution in [2.75, 3.05) is 33.0 Å². The Morgan fingerprint density at radius 3 is 1.86 bits per heavy atom. The summed E-state index contributed by atoms with van der Waals surface area (Å²) < 4.78 is 9.51. The predicted octanol–water partition coefficient (Wildman–Crippen LogP) is 2.84. The molecule has 0 fully saturated rings. The molecule has 0 unspecified atom stereocenters. The van der Waals surface area contributed by atoms with E-state index in [1.165, 1.54) is 44.6 Å². The van der Waals surface area contributed by atoms with Gasteiger partial charge >= 0.3 is 5.97 Å². The summed E-state index contributed by atoms with van der Waals surface area (Å²) >= 11 is 0. The minimum atomic E-state index is -0.307. The van der Waals surface area contributed by atoms with E-state index in [0.29, 0.717) is 19.8 Å². The van der Waals surface area contributed by atoms with Gasteiger partial charge < -0.3 is 19.7 Å². The number of hydrogen-bond acceptors (Lipinski definition) is 5. The molecule has 0 aliphatic heterocycles. The van der Waals surface area contributed by atoms with Crippen LogP contribution in [0.3, 0.4) is 0 Å². The number of unbranched alkanes of at least 4 members (excludes halogenated alkanes) is 7. The molecular weight excluding hydrogens is 284 g/mol. The fraction of sp³-hybridized carbons (Fsp3) is 0.824. The van der Waals surface area contributed by atoms with Gasteiger partial charge in [0.25, 0.3) is 0 Å². The van der Waals surface area contributed by atoms with Crippen molar-refractivity contribution in [3.05, 3.63) is 12.7 Å². The summed E-state index contributed by atoms with van der Waals surface area (Å²) in [6, 6.07) is 0. The molecule has 5 nitrogen and oxygen atoms in total. The fourth-order valence-electron chi connectivity index (χ4n) is 1.70. The van der Waals surface area contributed by atoms with Crippen molar-refractivity contribution < 1.29 is 24.5 Å². The Labute approximate surface area is 135 Å². The number of rotatable bonds is 14. The van der Waals surface area contributed by atoms with Crippen LogP contribution in [0.1, 0.15) is 58.3 Å². The molecule has 22 heavy (non-hydrogen) atoms. The zero-order chi connectivity index (χ0) is 16.9. The lowest BCUT2D eigenvalue weighted by atomic mass is 10.1. The Morgan fingerprint density at radius 1 is 0.909 bits per heavy atom. The third-order valence-electron chi connectivity index (χ3n) is 2.88. The third-order valence-corrected chi connectivity index (χ3v) is 2.88. The topological polar surface area (TPSA) is 76.0 Å². The van der Waals surface area contributed by atoms with E-state index in [9.17, 15) is 4.79 Å². The van der Waals surface area contributed by atoms with Gasteiger partial charge in [0.05, 0.1) is 33.0 Å². The molecule has 0 saturated carbocycles. The monoisotopic (exact) mass is 318 g/mol. The van der Waals surface area contributed by atoms with E-state index in [1.54, 1.807) is 0 Å². The average Bonchev–Trinajstić information content (AvgIpc) is 2.54. The summed E-state index contributed by atoms with van der Waals surface area (Å²) in [5, 5.41) is 16.2. The first-order valence-electron chi connectivity index (χ1n) is 8.31. The summed E-state index contributed by atoms with van der Waals surface area (Å²) in [7, 11) is 0. The molecular formula is C17H34O5. The molecule has 132 valence electrons. The van der Waals surface area contributed by atoms with Crippen LogP contribution in [-0.4, -0.2) is 49.2 Å². The number of ether oxygens (including phenoxy) is 2. The zero-order valence-corrected chi connectivity index (χ0v) is 14.1. The van der Waals surface area contributed by atoms with Crippen molar-refractivity contribution in [2.45, 2.75) is 58.3 Å². The van der Waals surface area contributed by atoms with Crippen LogP contribution in [0.15, 0.2) is 12.7 Å². The van der Waals surface area contributed by atoms with Crippen LogP contribution < -0.4 is 0 Å². The van der Waals surface area contributed by atoms with Gasteiger partial charge in [-0.3, -0.25) is 0 Å². The first-order chi connectivity index (χ1) is 10.7. The van der Waals surface area contributed by atoms with Crippen LogP contribution in [0.25, 0.3) is 0 Å². The lowest BCUT2D eigenvalue weighted by Crippen LogP contribution is -2.03. The first kappa shape index (κ1) is 23.4. The molecule has 0 aromatic carbocycles. The van der Waals surface area contributed by atoms with E-state index in [4.69, 9.17) is 14.9 Å². The van der Waals surface area contributed by atoms with Crippen molar-refractivity contribution in [1.29, 1.82) is 0 Å². The minimum absolute atomic E-state index is 0.0278. The van der Waals surface area contributed by atoms with E-state index in [2.05, 4.69) is 18.2 Å². The largest absolute Gasteiger partial charge is 0.463 e. The predicted molar refractivity (Wildman–Crippen MR) is 88.8 cm³/mol. The molecule has 0 aromatic heterocycles. The molecule has 0 aromatic rings. The van der Waals surface area contributed by atoms with Gasteiger partial charge in [0, 0.05) is 6.08 Å². The molecule has 0 atom stereocenters. The summed E-state index contributed by atoms with van der Waals surface area (Å²) in [4.78, 5) is 10.7. The molecule has 0 aliphatic rings. The smallest absolute Gasteiger partial charge is 0.330 e. The van der Waals surface area contributed by atoms with Gasteiger partial charge in [-0.15, -0.1) is 0 Å². The normalized spacial score (nSPS) is 9.77. The summed E-state index contributed by atoms with van der Waals surface area (Å²) in [5.74, 6) is -0.307. The van der Waals surface area contributed by atoms with Crippen LogP contribution in [0.2, 0.25) is 0 Å². The summed E-state index contributed by atoms with van der Waals surface area (Å²) in [5.41, 5.74) is 0. The third kappa shape index (κ3) is 24.1. The molecule has 0 bridgehead atoms. The second kappa shape index (κ2) is 22.4. The van der Waals surface area contributed by atoms with Crippen molar-refractivity contribution in [3.8, 4) is 0 Å². The maximum Gasteiger partial charge on any atom is 0.330 e. The first-order valence-corrected chi connectivity index (χ1v) is 8.31. The highest BCUT2D eigenvalue weighted by atomic mass is 16.5. The van der Waals surface area contributed by atoms with Crippen LogP contribution in [-0.2, 0) is 14.3 Å². The molecule has 2 N–H and O–H groups in total. The fourth-order valence-corrected chi connectivity index (χ4v) is 1.70. The lowest BCUT2D eigenvalue weighted by Gasteiger charge is -2.02. The average molecular weight is 318 g/mol. The van der Waals surface area contributed by atoms with Crippen LogP contribution in [0, 0.1) is 0 Å². The van der Waals surface area contributed by atoms with E-state index in [0.717, 1.165) is 12.8 Å². The van der Waals surface area contributed by atoms with E-state index in [-0.39, 0.29) is 19.2 Å². The standard InChI is InChI=1S/C13H24O2.C4H10O3/c1-3-5-6-7-8-9-10-11-12-15-13(14)4-2;5-1-3-7-4-2-6/h4H,2-3,5-12H2,1H3;5-6H,1-4H2. The summed E-state index contributed by atoms with van der Waals surface area (Å²) in [6.45, 7) is 6.81. The molecule has 0 aliphatic carbocycles. The highest BCUT2D eigenvalue weighted by molar-refractivity contribution is 5.81. The van der Waals surface area contributed by atoms with Gasteiger partial charge in [0.1, 0.15) is 0 Å². The van der Waals surface area contributed by atoms with Gasteiger partial charge in [0.2, 0.25) is 0 Å². The highest BCUT2D eigenvalue weighted by Gasteiger charge is 1.95. The second-order valence-electron chi connectivity index (χ2n) is 4.91. The number of aliphatic hydroxyl groups is 2. The van der Waals surface area contributed by atoms with Crippen molar-refractivity contribution in [3.63, 3.8) is 0 Å². The van der Waals surface area contributed by atoms with Crippen molar-refractivity contribution in [2.24, 2.45) is 0 Å². The Balaban J connectivity index is 0. The lowest BCUT2D eigenvalue weighted by molar-refractivity contribution is -0.137. The van der Waals surface area contributed by atoms with Gasteiger partial charge in [-0.05, 0) is 6.42 Å². The minimum Gasteiger partial charge on any atom is -0.463 e. The Hall–Kier alpha value is -0.910. The quantitative estimate of drug-likeness (QED) is 0.293. The molecule has 0 amide bonds. The Bertz CT molecular complexity index is 227. The zero-order valence-electron chi connectivity index (χ0n) is 14.1. The number of hydrogen-bond donors (Lipinski definition) is 2. The van der Waals surface area contributed by atoms with Crippen LogP contribution in [0.5, 0.6) is 0 Å². The van der Waals surface area contributed by atoms with Crippen molar-refractivity contribution >= 4 is 5.97 Å². The van der Waals surface area contributed by atoms with Gasteiger partial charge in [-0.2, -0.15) is 0 Å². The second-order valence-corrected chi connectivity index (χ2v) is 4.91. The van der Waals surface area contributed by atoms with Crippen LogP contribution >= 0.6 is 0 Å². The Kier molecular flexibility index (Phi) is 23.8. The molecule has 0 rings (SSSR count). The SMILES string of the molecule is C=CC(=O)OCCCCCCCCCC.OCCOCCO.